The van der Waals surface area contributed by atoms with Gasteiger partial charge in [-0.05, 0) is 35.9 Å². The lowest BCUT2D eigenvalue weighted by Crippen LogP contribution is -2.20. The number of rotatable bonds is 3. The number of hydrogen-bond acceptors (Lipinski definition) is 3. The Labute approximate surface area is 170 Å². The number of ether oxygens (including phenoxy) is 2. The van der Waals surface area contributed by atoms with E-state index in [9.17, 15) is 0 Å². The summed E-state index contributed by atoms with van der Waals surface area (Å²) in [5.41, 5.74) is 3.70. The molecular formula is C24H22ClNO2. The van der Waals surface area contributed by atoms with Crippen LogP contribution in [0.5, 0.6) is 17.2 Å². The Bertz CT molecular complexity index is 1020. The highest BCUT2D eigenvalue weighted by Crippen LogP contribution is 2.50. The lowest BCUT2D eigenvalue weighted by molar-refractivity contribution is 0.312. The first-order valence-corrected chi connectivity index (χ1v) is 10.0. The maximum absolute atomic E-state index is 6.35. The standard InChI is InChI=1S/C24H22ClNO2/c1-27-22-8-4-2-6-16(22)13-26-14-20-18-7-3-5-9-23(18)28-24-11-10-17(25)12-19(24)21(20)15-26/h2-12,20-21H,13-15H2,1H3/t20-,21?/m1/s1. The van der Waals surface area contributed by atoms with Gasteiger partial charge in [0.2, 0.25) is 0 Å². The molecule has 4 heteroatoms. The molecule has 5 rings (SSSR count). The van der Waals surface area contributed by atoms with Crippen LogP contribution < -0.4 is 9.47 Å². The Morgan fingerprint density at radius 3 is 2.50 bits per heavy atom. The molecule has 3 aromatic carbocycles. The first-order chi connectivity index (χ1) is 13.7. The average molecular weight is 392 g/mol. The van der Waals surface area contributed by atoms with Crippen LogP contribution in [0.15, 0.2) is 66.7 Å². The number of para-hydroxylation sites is 2. The molecule has 0 spiro atoms. The topological polar surface area (TPSA) is 21.7 Å². The number of methoxy groups -OCH3 is 1. The van der Waals surface area contributed by atoms with Crippen LogP contribution in [-0.2, 0) is 6.54 Å². The summed E-state index contributed by atoms with van der Waals surface area (Å²) in [6.45, 7) is 2.82. The van der Waals surface area contributed by atoms with Gasteiger partial charge in [0.25, 0.3) is 0 Å². The number of halogens is 1. The van der Waals surface area contributed by atoms with Gasteiger partial charge in [-0.2, -0.15) is 0 Å². The molecule has 2 aliphatic heterocycles. The highest BCUT2D eigenvalue weighted by atomic mass is 35.5. The number of benzene rings is 3. The fourth-order valence-corrected chi connectivity index (χ4v) is 4.80. The van der Waals surface area contributed by atoms with Crippen molar-refractivity contribution in [3.05, 3.63) is 88.4 Å². The van der Waals surface area contributed by atoms with E-state index in [0.29, 0.717) is 11.8 Å². The molecule has 0 aromatic heterocycles. The van der Waals surface area contributed by atoms with E-state index in [-0.39, 0.29) is 0 Å². The number of fused-ring (bicyclic) bond motifs is 5. The van der Waals surface area contributed by atoms with Crippen molar-refractivity contribution in [2.24, 2.45) is 0 Å². The fourth-order valence-electron chi connectivity index (χ4n) is 4.62. The van der Waals surface area contributed by atoms with Crippen molar-refractivity contribution in [2.45, 2.75) is 18.4 Å². The summed E-state index contributed by atoms with van der Waals surface area (Å²) in [4.78, 5) is 2.51. The monoisotopic (exact) mass is 391 g/mol. The van der Waals surface area contributed by atoms with Crippen LogP contribution in [0, 0.1) is 0 Å². The third-order valence-electron chi connectivity index (χ3n) is 5.89. The van der Waals surface area contributed by atoms with E-state index in [0.717, 1.165) is 41.9 Å². The van der Waals surface area contributed by atoms with Crippen molar-refractivity contribution in [1.82, 2.24) is 4.90 Å². The van der Waals surface area contributed by atoms with Crippen molar-refractivity contribution in [3.63, 3.8) is 0 Å². The Hall–Kier alpha value is -2.49. The van der Waals surface area contributed by atoms with Crippen molar-refractivity contribution < 1.29 is 9.47 Å². The lowest BCUT2D eigenvalue weighted by Gasteiger charge is -2.19. The molecule has 1 unspecified atom stereocenters. The number of hydrogen-bond donors (Lipinski definition) is 0. The molecular weight excluding hydrogens is 370 g/mol. The molecule has 0 saturated carbocycles. The van der Waals surface area contributed by atoms with Crippen LogP contribution in [0.1, 0.15) is 28.5 Å². The summed E-state index contributed by atoms with van der Waals surface area (Å²) in [5.74, 6) is 3.56. The van der Waals surface area contributed by atoms with Crippen LogP contribution in [0.25, 0.3) is 0 Å². The van der Waals surface area contributed by atoms with Crippen molar-refractivity contribution in [1.29, 1.82) is 0 Å². The normalized spacial score (nSPS) is 20.5. The maximum Gasteiger partial charge on any atom is 0.131 e. The summed E-state index contributed by atoms with van der Waals surface area (Å²) in [6, 6.07) is 22.7. The Morgan fingerprint density at radius 2 is 1.64 bits per heavy atom. The molecule has 2 atom stereocenters. The zero-order chi connectivity index (χ0) is 19.1. The van der Waals surface area contributed by atoms with Crippen LogP contribution in [0.4, 0.5) is 0 Å². The van der Waals surface area contributed by atoms with Gasteiger partial charge in [0, 0.05) is 47.6 Å². The van der Waals surface area contributed by atoms with Crippen molar-refractivity contribution in [3.8, 4) is 17.2 Å². The third kappa shape index (κ3) is 3.05. The second-order valence-corrected chi connectivity index (χ2v) is 7.98. The minimum absolute atomic E-state index is 0.354. The van der Waals surface area contributed by atoms with Crippen LogP contribution >= 0.6 is 11.6 Å². The Kier molecular flexibility index (Phi) is 4.50. The van der Waals surface area contributed by atoms with Gasteiger partial charge in [-0.3, -0.25) is 4.90 Å². The van der Waals surface area contributed by atoms with E-state index < -0.39 is 0 Å². The second-order valence-electron chi connectivity index (χ2n) is 7.54. The highest BCUT2D eigenvalue weighted by molar-refractivity contribution is 6.30. The predicted molar refractivity (Wildman–Crippen MR) is 112 cm³/mol. The van der Waals surface area contributed by atoms with Gasteiger partial charge < -0.3 is 9.47 Å². The molecule has 0 N–H and O–H groups in total. The van der Waals surface area contributed by atoms with Gasteiger partial charge in [-0.15, -0.1) is 0 Å². The zero-order valence-electron chi connectivity index (χ0n) is 15.8. The molecule has 28 heavy (non-hydrogen) atoms. The van der Waals surface area contributed by atoms with Crippen LogP contribution in [0.2, 0.25) is 5.02 Å². The maximum atomic E-state index is 6.35. The predicted octanol–water partition coefficient (Wildman–Crippen LogP) is 5.84. The molecule has 1 fully saturated rings. The minimum Gasteiger partial charge on any atom is -0.496 e. The van der Waals surface area contributed by atoms with E-state index in [1.807, 2.05) is 30.3 Å². The summed E-state index contributed by atoms with van der Waals surface area (Å²) in [6.07, 6.45) is 0. The highest BCUT2D eigenvalue weighted by Gasteiger charge is 2.39. The number of nitrogens with zero attached hydrogens (tertiary/aromatic N) is 1. The fraction of sp³-hybridized carbons (Fsp3) is 0.250. The second kappa shape index (κ2) is 7.16. The summed E-state index contributed by atoms with van der Waals surface area (Å²) < 4.78 is 11.8. The van der Waals surface area contributed by atoms with E-state index >= 15 is 0 Å². The Morgan fingerprint density at radius 1 is 0.929 bits per heavy atom. The van der Waals surface area contributed by atoms with Crippen LogP contribution in [-0.4, -0.2) is 25.1 Å². The summed E-state index contributed by atoms with van der Waals surface area (Å²) in [5, 5.41) is 0.759. The first kappa shape index (κ1) is 17.6. The van der Waals surface area contributed by atoms with E-state index in [4.69, 9.17) is 21.1 Å². The summed E-state index contributed by atoms with van der Waals surface area (Å²) in [7, 11) is 1.73. The lowest BCUT2D eigenvalue weighted by atomic mass is 9.84. The molecule has 2 aliphatic rings. The van der Waals surface area contributed by atoms with E-state index in [1.54, 1.807) is 7.11 Å². The molecule has 3 aromatic rings. The average Bonchev–Trinajstić information content (AvgIpc) is 3.08. The third-order valence-corrected chi connectivity index (χ3v) is 6.13. The van der Waals surface area contributed by atoms with Gasteiger partial charge >= 0.3 is 0 Å². The number of likely N-dealkylation sites (tertiary alicyclic amines) is 1. The van der Waals surface area contributed by atoms with Gasteiger partial charge in [0.05, 0.1) is 7.11 Å². The van der Waals surface area contributed by atoms with Crippen molar-refractivity contribution >= 4 is 11.6 Å². The quantitative estimate of drug-likeness (QED) is 0.560. The largest absolute Gasteiger partial charge is 0.496 e. The first-order valence-electron chi connectivity index (χ1n) is 9.63. The molecule has 2 heterocycles. The van der Waals surface area contributed by atoms with Gasteiger partial charge in [-0.1, -0.05) is 48.0 Å². The molecule has 3 nitrogen and oxygen atoms in total. The molecule has 0 radical (unpaired) electrons. The molecule has 1 saturated heterocycles. The van der Waals surface area contributed by atoms with E-state index in [2.05, 4.69) is 41.3 Å². The molecule has 0 amide bonds. The minimum atomic E-state index is 0.354. The van der Waals surface area contributed by atoms with Crippen molar-refractivity contribution in [2.75, 3.05) is 20.2 Å². The van der Waals surface area contributed by atoms with E-state index in [1.165, 1.54) is 16.7 Å². The smallest absolute Gasteiger partial charge is 0.131 e. The van der Waals surface area contributed by atoms with Gasteiger partial charge in [-0.25, -0.2) is 0 Å². The van der Waals surface area contributed by atoms with Gasteiger partial charge in [0.15, 0.2) is 0 Å². The zero-order valence-corrected chi connectivity index (χ0v) is 16.5. The van der Waals surface area contributed by atoms with Crippen LogP contribution in [0.3, 0.4) is 0 Å². The van der Waals surface area contributed by atoms with Gasteiger partial charge in [0.1, 0.15) is 17.2 Å². The molecule has 142 valence electrons. The molecule has 0 aliphatic carbocycles. The SMILES string of the molecule is COc1ccccc1CN1CC2c3cc(Cl)ccc3Oc3ccccc3[C@H]2C1. The summed E-state index contributed by atoms with van der Waals surface area (Å²) >= 11 is 6.35. The Balaban J connectivity index is 1.53. The molecule has 0 bridgehead atoms.